The van der Waals surface area contributed by atoms with Crippen LogP contribution in [0, 0.1) is 11.8 Å². The van der Waals surface area contributed by atoms with Gasteiger partial charge in [0, 0.05) is 43.3 Å². The Bertz CT molecular complexity index is 1330. The van der Waals surface area contributed by atoms with Gasteiger partial charge in [0.15, 0.2) is 0 Å². The fourth-order valence-corrected chi connectivity index (χ4v) is 6.18. The lowest BCUT2D eigenvalue weighted by molar-refractivity contribution is -0.259. The molecule has 3 N–H and O–H groups in total. The van der Waals surface area contributed by atoms with Crippen molar-refractivity contribution in [3.63, 3.8) is 0 Å². The van der Waals surface area contributed by atoms with E-state index in [1.165, 1.54) is 30.3 Å². The summed E-state index contributed by atoms with van der Waals surface area (Å²) in [4.78, 5) is 21.8. The summed E-state index contributed by atoms with van der Waals surface area (Å²) < 4.78 is 44.7. The van der Waals surface area contributed by atoms with Crippen molar-refractivity contribution in [2.24, 2.45) is 21.8 Å². The first-order chi connectivity index (χ1) is 20.6. The Hall–Kier alpha value is -2.71. The average Bonchev–Trinajstić information content (AvgIpc) is 2.89. The third kappa shape index (κ3) is 10.7. The smallest absolute Gasteiger partial charge is 0.308 e. The SMILES string of the molecule is C=C(F)/C=C\C(=C/C)C1=NC(N(C)S(C)(=O)=O)=NC(C(C)C)C1/C=C/[C@@H](O)C[C@@H](O)CC(=O)OC1CC(C)(C)N(O)C(C)(C)C1. The molecule has 0 radical (unpaired) electrons. The van der Waals surface area contributed by atoms with Crippen LogP contribution in [-0.4, -0.2) is 99.6 Å². The van der Waals surface area contributed by atoms with E-state index in [-0.39, 0.29) is 24.7 Å². The average molecular weight is 655 g/mol. The molecule has 0 amide bonds. The third-order valence-electron chi connectivity index (χ3n) is 8.04. The van der Waals surface area contributed by atoms with Crippen LogP contribution < -0.4 is 0 Å². The Morgan fingerprint density at radius 3 is 2.27 bits per heavy atom. The minimum atomic E-state index is -3.68. The minimum absolute atomic E-state index is 0.0198. The van der Waals surface area contributed by atoms with Crippen LogP contribution in [0.15, 0.2) is 58.3 Å². The summed E-state index contributed by atoms with van der Waals surface area (Å²) in [7, 11) is -2.32. The van der Waals surface area contributed by atoms with Crippen molar-refractivity contribution in [3.05, 3.63) is 48.4 Å². The van der Waals surface area contributed by atoms with Gasteiger partial charge < -0.3 is 20.2 Å². The van der Waals surface area contributed by atoms with E-state index in [2.05, 4.69) is 16.6 Å². The molecular weight excluding hydrogens is 603 g/mol. The number of rotatable bonds is 12. The van der Waals surface area contributed by atoms with Crippen LogP contribution in [0.5, 0.6) is 0 Å². The van der Waals surface area contributed by atoms with Crippen molar-refractivity contribution in [2.75, 3.05) is 13.3 Å². The molecule has 1 fully saturated rings. The van der Waals surface area contributed by atoms with E-state index in [9.17, 15) is 33.0 Å². The highest BCUT2D eigenvalue weighted by Gasteiger charge is 2.46. The number of sulfonamides is 1. The Morgan fingerprint density at radius 2 is 1.78 bits per heavy atom. The number of piperidine rings is 1. The molecule has 2 heterocycles. The number of aliphatic hydroxyl groups is 2. The highest BCUT2D eigenvalue weighted by Crippen LogP contribution is 2.38. The molecule has 13 heteroatoms. The second-order valence-corrected chi connectivity index (χ2v) is 15.5. The number of halogens is 1. The second-order valence-electron chi connectivity index (χ2n) is 13.4. The Kier molecular flexibility index (Phi) is 13.0. The number of esters is 1. The molecule has 2 rings (SSSR count). The van der Waals surface area contributed by atoms with Gasteiger partial charge in [-0.1, -0.05) is 44.7 Å². The van der Waals surface area contributed by atoms with Crippen LogP contribution in [0.2, 0.25) is 0 Å². The van der Waals surface area contributed by atoms with Gasteiger partial charge in [0.2, 0.25) is 16.0 Å². The Balaban J connectivity index is 2.23. The van der Waals surface area contributed by atoms with Crippen LogP contribution in [0.4, 0.5) is 4.39 Å². The molecule has 0 aromatic carbocycles. The number of carbonyl (C=O) groups is 1. The minimum Gasteiger partial charge on any atom is -0.462 e. The molecule has 0 aliphatic carbocycles. The van der Waals surface area contributed by atoms with Crippen LogP contribution in [-0.2, 0) is 19.6 Å². The standard InChI is InChI=1S/C32H51FN4O7S/c1-11-22(13-12-21(4)33)29-26(28(20(2)3)34-30(35-29)36(9)45(10,42)43)15-14-23(38)16-24(39)17-27(40)44-25-18-31(5,6)37(41)32(7,8)19-25/h11-15,20,23-26,28,38-39,41H,4,16-19H2,1-3,5-10H3/b13-12-,15-14+,22-11+/t23-,24-,26?,28?/m1/s1. The van der Waals surface area contributed by atoms with E-state index < -0.39 is 63.2 Å². The predicted octanol–water partition coefficient (Wildman–Crippen LogP) is 4.33. The van der Waals surface area contributed by atoms with E-state index in [1.54, 1.807) is 19.1 Å². The topological polar surface area (TPSA) is 152 Å². The molecule has 4 atom stereocenters. The van der Waals surface area contributed by atoms with E-state index in [4.69, 9.17) is 4.74 Å². The molecule has 0 aromatic heterocycles. The number of hydrogen-bond acceptors (Lipinski definition) is 10. The molecule has 0 spiro atoms. The van der Waals surface area contributed by atoms with Crippen LogP contribution in [0.3, 0.4) is 0 Å². The number of nitrogens with zero attached hydrogens (tertiary/aromatic N) is 4. The maximum absolute atomic E-state index is 13.5. The highest BCUT2D eigenvalue weighted by atomic mass is 32.2. The number of ether oxygens (including phenoxy) is 1. The highest BCUT2D eigenvalue weighted by molar-refractivity contribution is 7.88. The first-order valence-electron chi connectivity index (χ1n) is 15.1. The third-order valence-corrected chi connectivity index (χ3v) is 9.20. The van der Waals surface area contributed by atoms with Gasteiger partial charge in [-0.3, -0.25) is 4.79 Å². The Labute approximate surface area is 267 Å². The molecule has 2 unspecified atom stereocenters. The zero-order chi connectivity index (χ0) is 34.5. The second kappa shape index (κ2) is 15.3. The van der Waals surface area contributed by atoms with E-state index in [1.807, 2.05) is 41.5 Å². The van der Waals surface area contributed by atoms with Crippen molar-refractivity contribution < 1.29 is 37.8 Å². The number of aliphatic imine (C=N–C) groups is 2. The number of hydroxylamine groups is 2. The lowest BCUT2D eigenvalue weighted by atomic mass is 9.80. The van der Waals surface area contributed by atoms with Gasteiger partial charge in [-0.2, -0.15) is 5.06 Å². The van der Waals surface area contributed by atoms with E-state index in [0.717, 1.165) is 10.6 Å². The summed E-state index contributed by atoms with van der Waals surface area (Å²) in [6, 6.07) is -0.490. The van der Waals surface area contributed by atoms with Crippen LogP contribution >= 0.6 is 0 Å². The van der Waals surface area contributed by atoms with Gasteiger partial charge >= 0.3 is 5.97 Å². The van der Waals surface area contributed by atoms with Crippen molar-refractivity contribution in [3.8, 4) is 0 Å². The van der Waals surface area contributed by atoms with Gasteiger partial charge in [0.05, 0.1) is 36.6 Å². The maximum atomic E-state index is 13.5. The number of allylic oxidation sites excluding steroid dienone is 5. The van der Waals surface area contributed by atoms with Crippen molar-refractivity contribution >= 4 is 27.7 Å². The van der Waals surface area contributed by atoms with Crippen LogP contribution in [0.1, 0.15) is 74.1 Å². The summed E-state index contributed by atoms with van der Waals surface area (Å²) >= 11 is 0. The van der Waals surface area contributed by atoms with E-state index in [0.29, 0.717) is 24.1 Å². The fraction of sp³-hybridized carbons (Fsp3) is 0.656. The number of carbonyl (C=O) groups excluding carboxylic acids is 1. The molecule has 2 aliphatic heterocycles. The predicted molar refractivity (Wildman–Crippen MR) is 174 cm³/mol. The molecule has 45 heavy (non-hydrogen) atoms. The van der Waals surface area contributed by atoms with Crippen molar-refractivity contribution in [1.29, 1.82) is 0 Å². The molecule has 254 valence electrons. The molecule has 0 bridgehead atoms. The summed E-state index contributed by atoms with van der Waals surface area (Å²) in [5, 5.41) is 33.2. The lowest BCUT2D eigenvalue weighted by Gasteiger charge is -2.50. The van der Waals surface area contributed by atoms with Gasteiger partial charge in [-0.15, -0.1) is 0 Å². The summed E-state index contributed by atoms with van der Waals surface area (Å²) in [5.41, 5.74) is -0.273. The van der Waals surface area contributed by atoms with Gasteiger partial charge in [-0.05, 0) is 52.2 Å². The first kappa shape index (κ1) is 38.5. The fourth-order valence-electron chi connectivity index (χ4n) is 5.80. The molecule has 11 nitrogen and oxygen atoms in total. The molecule has 0 aromatic rings. The summed E-state index contributed by atoms with van der Waals surface area (Å²) in [5.74, 6) is -1.91. The number of guanidine groups is 1. The number of hydrogen-bond donors (Lipinski definition) is 3. The van der Waals surface area contributed by atoms with E-state index >= 15 is 0 Å². The van der Waals surface area contributed by atoms with Gasteiger partial charge in [0.25, 0.3) is 0 Å². The van der Waals surface area contributed by atoms with Gasteiger partial charge in [0.1, 0.15) is 11.9 Å². The quantitative estimate of drug-likeness (QED) is 0.160. The largest absolute Gasteiger partial charge is 0.462 e. The molecule has 1 saturated heterocycles. The zero-order valence-corrected chi connectivity index (χ0v) is 28.8. The molecule has 2 aliphatic rings. The number of aliphatic hydroxyl groups excluding tert-OH is 2. The van der Waals surface area contributed by atoms with Gasteiger partial charge in [-0.25, -0.2) is 27.1 Å². The monoisotopic (exact) mass is 654 g/mol. The summed E-state index contributed by atoms with van der Waals surface area (Å²) in [6.45, 7) is 16.3. The molecular formula is C32H51FN4O7S. The van der Waals surface area contributed by atoms with Crippen molar-refractivity contribution in [2.45, 2.75) is 110 Å². The summed E-state index contributed by atoms with van der Waals surface area (Å²) in [6.07, 6.45) is 6.21. The maximum Gasteiger partial charge on any atom is 0.308 e. The van der Waals surface area contributed by atoms with Crippen molar-refractivity contribution in [1.82, 2.24) is 9.37 Å². The van der Waals surface area contributed by atoms with Crippen LogP contribution in [0.25, 0.3) is 0 Å². The zero-order valence-electron chi connectivity index (χ0n) is 27.9. The molecule has 0 saturated carbocycles. The normalized spacial score (nSPS) is 24.4. The first-order valence-corrected chi connectivity index (χ1v) is 17.0. The lowest BCUT2D eigenvalue weighted by Crippen LogP contribution is -2.60. The Morgan fingerprint density at radius 1 is 1.20 bits per heavy atom.